The molecule has 0 aliphatic heterocycles. The predicted octanol–water partition coefficient (Wildman–Crippen LogP) is 8.70. The van der Waals surface area contributed by atoms with Gasteiger partial charge in [-0.05, 0) is 12.8 Å². The maximum atomic E-state index is 5.88. The van der Waals surface area contributed by atoms with E-state index in [9.17, 15) is 0 Å². The van der Waals surface area contributed by atoms with Crippen LogP contribution in [-0.2, 0) is 0 Å². The molecule has 0 heterocycles. The van der Waals surface area contributed by atoms with E-state index in [1.54, 1.807) is 0 Å². The lowest BCUT2D eigenvalue weighted by Crippen LogP contribution is -2.52. The summed E-state index contributed by atoms with van der Waals surface area (Å²) < 4.78 is 0. The molecule has 2 saturated carbocycles. The molecule has 2 aliphatic rings. The minimum atomic E-state index is -0.437. The Morgan fingerprint density at radius 2 is 0.600 bits per heavy atom. The van der Waals surface area contributed by atoms with Crippen LogP contribution in [0.25, 0.3) is 0 Å². The van der Waals surface area contributed by atoms with Crippen molar-refractivity contribution in [1.82, 2.24) is 0 Å². The van der Waals surface area contributed by atoms with Gasteiger partial charge in [-0.25, -0.2) is 0 Å². The Morgan fingerprint density at radius 1 is 0.400 bits per heavy atom. The molecule has 0 N–H and O–H groups in total. The first-order valence-electron chi connectivity index (χ1n) is 9.34. The molecule has 0 amide bonds. The Kier molecular flexibility index (Phi) is 14.4. The van der Waals surface area contributed by atoms with Crippen molar-refractivity contribution < 1.29 is 0 Å². The Labute approximate surface area is 192 Å². The molecule has 0 aromatic carbocycles. The van der Waals surface area contributed by atoms with E-state index in [0.29, 0.717) is 0 Å². The van der Waals surface area contributed by atoms with Gasteiger partial charge in [-0.2, -0.15) is 0 Å². The van der Waals surface area contributed by atoms with Crippen LogP contribution in [0.5, 0.6) is 0 Å². The standard InChI is InChI=1S/C12H23Br.C6H6Cl6/c13-12-10-8-6-4-2-1-3-5-7-9-11-12;7-1-2(8)4(10)6(12)5(11)3(1)9/h12H,1-11H2;1-6H/t;1-,2-,3-,4+,5+,6+. The van der Waals surface area contributed by atoms with E-state index in [2.05, 4.69) is 15.9 Å². The largest absolute Gasteiger partial charge is 0.120 e. The Bertz CT molecular complexity index is 275. The molecule has 25 heavy (non-hydrogen) atoms. The monoisotopic (exact) mass is 534 g/mol. The summed E-state index contributed by atoms with van der Waals surface area (Å²) in [7, 11) is 0. The topological polar surface area (TPSA) is 0 Å². The van der Waals surface area contributed by atoms with Crippen LogP contribution in [0.4, 0.5) is 0 Å². The summed E-state index contributed by atoms with van der Waals surface area (Å²) in [6.45, 7) is 0. The third kappa shape index (κ3) is 9.51. The molecule has 2 aliphatic carbocycles. The van der Waals surface area contributed by atoms with E-state index in [0.717, 1.165) is 4.83 Å². The molecule has 7 heteroatoms. The van der Waals surface area contributed by atoms with Gasteiger partial charge < -0.3 is 0 Å². The highest BCUT2D eigenvalue weighted by atomic mass is 79.9. The third-order valence-electron chi connectivity index (χ3n) is 4.86. The van der Waals surface area contributed by atoms with E-state index < -0.39 is 32.3 Å². The summed E-state index contributed by atoms with van der Waals surface area (Å²) in [5, 5.41) is -2.62. The molecule has 2 rings (SSSR count). The highest BCUT2D eigenvalue weighted by Crippen LogP contribution is 2.39. The summed E-state index contributed by atoms with van der Waals surface area (Å²) in [6.07, 6.45) is 16.0. The van der Waals surface area contributed by atoms with Crippen molar-refractivity contribution in [2.45, 2.75) is 108 Å². The van der Waals surface area contributed by atoms with Gasteiger partial charge in [-0.15, -0.1) is 69.6 Å². The summed E-state index contributed by atoms with van der Waals surface area (Å²) in [6, 6.07) is 0. The molecule has 0 unspecified atom stereocenters. The normalized spacial score (nSPS) is 39.5. The molecule has 150 valence electrons. The number of alkyl halides is 7. The SMILES string of the molecule is BrC1CCCCCCCCCCC1.Cl[C@H]1[C@H](Cl)[C@@H](Cl)[C@@H](Cl)[C@H](Cl)[C@H]1Cl. The van der Waals surface area contributed by atoms with E-state index in [1.807, 2.05) is 0 Å². The van der Waals surface area contributed by atoms with Crippen LogP contribution in [0.3, 0.4) is 0 Å². The second kappa shape index (κ2) is 14.2. The summed E-state index contributed by atoms with van der Waals surface area (Å²) in [5.74, 6) is 0. The van der Waals surface area contributed by atoms with Crippen LogP contribution < -0.4 is 0 Å². The van der Waals surface area contributed by atoms with Gasteiger partial charge in [0.2, 0.25) is 0 Å². The maximum Gasteiger partial charge on any atom is 0.0693 e. The maximum absolute atomic E-state index is 5.88. The van der Waals surface area contributed by atoms with Gasteiger partial charge in [0.15, 0.2) is 0 Å². The molecule has 0 nitrogen and oxygen atoms in total. The summed E-state index contributed by atoms with van der Waals surface area (Å²) in [5.41, 5.74) is 0. The fourth-order valence-electron chi connectivity index (χ4n) is 3.17. The highest BCUT2D eigenvalue weighted by molar-refractivity contribution is 9.09. The Morgan fingerprint density at radius 3 is 0.840 bits per heavy atom. The molecule has 0 bridgehead atoms. The summed E-state index contributed by atoms with van der Waals surface area (Å²) >= 11 is 39.1. The molecule has 0 radical (unpaired) electrons. The fourth-order valence-corrected chi connectivity index (χ4v) is 6.14. The van der Waals surface area contributed by atoms with Gasteiger partial charge in [0.05, 0.1) is 32.3 Å². The Balaban J connectivity index is 0.000000251. The van der Waals surface area contributed by atoms with Crippen LogP contribution in [0.1, 0.15) is 70.6 Å². The van der Waals surface area contributed by atoms with Gasteiger partial charge in [0.25, 0.3) is 0 Å². The summed E-state index contributed by atoms with van der Waals surface area (Å²) in [4.78, 5) is 0.812. The molecular weight excluding hydrogens is 509 g/mol. The lowest BCUT2D eigenvalue weighted by molar-refractivity contribution is 0.512. The van der Waals surface area contributed by atoms with E-state index in [4.69, 9.17) is 69.6 Å². The number of halogens is 7. The van der Waals surface area contributed by atoms with Crippen LogP contribution in [0.2, 0.25) is 0 Å². The van der Waals surface area contributed by atoms with Crippen molar-refractivity contribution >= 4 is 85.5 Å². The van der Waals surface area contributed by atoms with Crippen LogP contribution >= 0.6 is 85.5 Å². The molecule has 0 spiro atoms. The average molecular weight is 538 g/mol. The fraction of sp³-hybridized carbons (Fsp3) is 1.00. The van der Waals surface area contributed by atoms with Crippen molar-refractivity contribution in [3.05, 3.63) is 0 Å². The van der Waals surface area contributed by atoms with Gasteiger partial charge in [-0.1, -0.05) is 73.7 Å². The molecule has 0 atom stereocenters. The Hall–Kier alpha value is 2.22. The van der Waals surface area contributed by atoms with Crippen LogP contribution in [0.15, 0.2) is 0 Å². The second-order valence-corrected chi connectivity index (χ2v) is 11.3. The second-order valence-electron chi connectivity index (χ2n) is 7.02. The minimum Gasteiger partial charge on any atom is -0.120 e. The first kappa shape index (κ1) is 25.3. The zero-order valence-electron chi connectivity index (χ0n) is 14.5. The number of hydrogen-bond donors (Lipinski definition) is 0. The highest BCUT2D eigenvalue weighted by Gasteiger charge is 2.46. The van der Waals surface area contributed by atoms with Crippen molar-refractivity contribution in [2.75, 3.05) is 0 Å². The zero-order chi connectivity index (χ0) is 18.8. The average Bonchev–Trinajstić information content (AvgIpc) is 2.60. The van der Waals surface area contributed by atoms with Crippen molar-refractivity contribution in [1.29, 1.82) is 0 Å². The van der Waals surface area contributed by atoms with Crippen molar-refractivity contribution in [3.8, 4) is 0 Å². The van der Waals surface area contributed by atoms with Crippen LogP contribution in [0, 0.1) is 0 Å². The molecule has 2 fully saturated rings. The number of hydrogen-bond acceptors (Lipinski definition) is 0. The zero-order valence-corrected chi connectivity index (χ0v) is 20.6. The third-order valence-corrected chi connectivity index (χ3v) is 9.81. The molecule has 0 aromatic rings. The minimum absolute atomic E-state index is 0.437. The lowest BCUT2D eigenvalue weighted by atomic mass is 9.97. The predicted molar refractivity (Wildman–Crippen MR) is 121 cm³/mol. The van der Waals surface area contributed by atoms with Crippen molar-refractivity contribution in [2.24, 2.45) is 0 Å². The molecular formula is C18H29BrCl6. The first-order chi connectivity index (χ1) is 11.9. The first-order valence-corrected chi connectivity index (χ1v) is 12.9. The quantitative estimate of drug-likeness (QED) is 0.271. The van der Waals surface area contributed by atoms with Crippen LogP contribution in [-0.4, -0.2) is 37.1 Å². The van der Waals surface area contributed by atoms with E-state index in [1.165, 1.54) is 70.6 Å². The van der Waals surface area contributed by atoms with E-state index >= 15 is 0 Å². The van der Waals surface area contributed by atoms with Gasteiger partial charge in [-0.3, -0.25) is 0 Å². The lowest BCUT2D eigenvalue weighted by Gasteiger charge is -2.37. The molecule has 0 aromatic heterocycles. The van der Waals surface area contributed by atoms with Crippen molar-refractivity contribution in [3.63, 3.8) is 0 Å². The number of rotatable bonds is 0. The van der Waals surface area contributed by atoms with Gasteiger partial charge in [0, 0.05) is 4.83 Å². The van der Waals surface area contributed by atoms with Gasteiger partial charge >= 0.3 is 0 Å². The van der Waals surface area contributed by atoms with Gasteiger partial charge in [0.1, 0.15) is 0 Å². The van der Waals surface area contributed by atoms with E-state index in [-0.39, 0.29) is 0 Å². The smallest absolute Gasteiger partial charge is 0.0693 e. The molecule has 0 saturated heterocycles.